The first kappa shape index (κ1) is 24.2. The number of sulfonamides is 1. The molecule has 2 aromatic carbocycles. The van der Waals surface area contributed by atoms with Crippen LogP contribution in [0.15, 0.2) is 66.0 Å². The molecule has 0 saturated heterocycles. The van der Waals surface area contributed by atoms with Gasteiger partial charge in [0, 0.05) is 24.0 Å². The van der Waals surface area contributed by atoms with Gasteiger partial charge in [0.15, 0.2) is 5.65 Å². The largest absolute Gasteiger partial charge is 0.465 e. The number of benzene rings is 2. The van der Waals surface area contributed by atoms with E-state index in [1.807, 2.05) is 0 Å². The SMILES string of the molecule is COC(=O)c1cc(C)ccc1NS(=O)(=O)c1ccc(CNC(=O)c2cnn3cccnc23)c(Cl)c1. The molecule has 2 heterocycles. The zero-order valence-corrected chi connectivity index (χ0v) is 20.2. The van der Waals surface area contributed by atoms with Crippen molar-refractivity contribution in [3.8, 4) is 0 Å². The van der Waals surface area contributed by atoms with Crippen LogP contribution in [-0.4, -0.2) is 42.0 Å². The number of nitrogens with zero attached hydrogens (tertiary/aromatic N) is 3. The number of aromatic nitrogens is 3. The summed E-state index contributed by atoms with van der Waals surface area (Å²) in [5.41, 5.74) is 2.15. The van der Waals surface area contributed by atoms with Crippen molar-refractivity contribution in [2.24, 2.45) is 0 Å². The van der Waals surface area contributed by atoms with Crippen LogP contribution >= 0.6 is 11.6 Å². The minimum atomic E-state index is -4.07. The number of fused-ring (bicyclic) bond motifs is 1. The van der Waals surface area contributed by atoms with E-state index >= 15 is 0 Å². The summed E-state index contributed by atoms with van der Waals surface area (Å²) in [7, 11) is -2.85. The van der Waals surface area contributed by atoms with Gasteiger partial charge in [0.25, 0.3) is 15.9 Å². The van der Waals surface area contributed by atoms with Gasteiger partial charge in [-0.2, -0.15) is 5.10 Å². The molecule has 4 rings (SSSR count). The second-order valence-electron chi connectivity index (χ2n) is 7.53. The molecule has 0 atom stereocenters. The Balaban J connectivity index is 1.51. The van der Waals surface area contributed by atoms with Crippen molar-refractivity contribution in [3.05, 3.63) is 88.3 Å². The van der Waals surface area contributed by atoms with Gasteiger partial charge in [-0.05, 0) is 42.8 Å². The first-order valence-electron chi connectivity index (χ1n) is 10.3. The zero-order valence-electron chi connectivity index (χ0n) is 18.6. The van der Waals surface area contributed by atoms with Gasteiger partial charge in [-0.3, -0.25) is 9.52 Å². The van der Waals surface area contributed by atoms with Gasteiger partial charge in [0.05, 0.1) is 29.5 Å². The standard InChI is InChI=1S/C23H20ClN5O5S/c1-14-4-7-20(17(10-14)23(31)34-2)28-35(32,33)16-6-5-15(19(24)11-16)12-26-22(30)18-13-27-29-9-3-8-25-21(18)29/h3-11,13,28H,12H2,1-2H3,(H,26,30). The van der Waals surface area contributed by atoms with E-state index in [0.717, 1.165) is 5.56 Å². The first-order chi connectivity index (χ1) is 16.7. The molecule has 4 aromatic rings. The molecule has 10 nitrogen and oxygen atoms in total. The highest BCUT2D eigenvalue weighted by Gasteiger charge is 2.21. The number of rotatable bonds is 7. The Labute approximate surface area is 205 Å². The molecule has 35 heavy (non-hydrogen) atoms. The number of halogens is 1. The predicted molar refractivity (Wildman–Crippen MR) is 129 cm³/mol. The lowest BCUT2D eigenvalue weighted by atomic mass is 10.1. The minimum absolute atomic E-state index is 0.0556. The third-order valence-corrected chi connectivity index (χ3v) is 6.84. The summed E-state index contributed by atoms with van der Waals surface area (Å²) in [6.45, 7) is 1.83. The third-order valence-electron chi connectivity index (χ3n) is 5.12. The fourth-order valence-electron chi connectivity index (χ4n) is 3.33. The van der Waals surface area contributed by atoms with Crippen LogP contribution in [0.25, 0.3) is 5.65 Å². The number of esters is 1. The zero-order chi connectivity index (χ0) is 25.2. The number of carbonyl (C=O) groups excluding carboxylic acids is 2. The molecule has 0 radical (unpaired) electrons. The summed E-state index contributed by atoms with van der Waals surface area (Å²) >= 11 is 6.32. The number of aryl methyl sites for hydroxylation is 1. The van der Waals surface area contributed by atoms with Gasteiger partial charge in [0.2, 0.25) is 0 Å². The number of hydrogen-bond donors (Lipinski definition) is 2. The van der Waals surface area contributed by atoms with E-state index < -0.39 is 21.9 Å². The van der Waals surface area contributed by atoms with Crippen LogP contribution in [0.3, 0.4) is 0 Å². The van der Waals surface area contributed by atoms with E-state index in [9.17, 15) is 18.0 Å². The molecule has 180 valence electrons. The maximum Gasteiger partial charge on any atom is 0.340 e. The van der Waals surface area contributed by atoms with Gasteiger partial charge >= 0.3 is 5.97 Å². The van der Waals surface area contributed by atoms with Crippen LogP contribution in [0.1, 0.15) is 31.8 Å². The van der Waals surface area contributed by atoms with Gasteiger partial charge in [-0.15, -0.1) is 0 Å². The van der Waals surface area contributed by atoms with Crippen LogP contribution in [-0.2, 0) is 21.3 Å². The summed E-state index contributed by atoms with van der Waals surface area (Å²) < 4.78 is 34.5. The maximum absolute atomic E-state index is 13.0. The lowest BCUT2D eigenvalue weighted by Crippen LogP contribution is -2.23. The maximum atomic E-state index is 13.0. The highest BCUT2D eigenvalue weighted by Crippen LogP contribution is 2.25. The molecule has 0 aliphatic rings. The van der Waals surface area contributed by atoms with E-state index in [1.165, 1.54) is 48.2 Å². The Bertz CT molecular complexity index is 1550. The summed E-state index contributed by atoms with van der Waals surface area (Å²) in [5, 5.41) is 6.95. The highest BCUT2D eigenvalue weighted by atomic mass is 35.5. The Hall–Kier alpha value is -3.96. The van der Waals surface area contributed by atoms with Gasteiger partial charge in [0.1, 0.15) is 5.56 Å². The van der Waals surface area contributed by atoms with Gasteiger partial charge < -0.3 is 10.1 Å². The van der Waals surface area contributed by atoms with Crippen LogP contribution in [0.2, 0.25) is 5.02 Å². The number of ether oxygens (including phenoxy) is 1. The van der Waals surface area contributed by atoms with Crippen LogP contribution in [0.5, 0.6) is 0 Å². The topological polar surface area (TPSA) is 132 Å². The summed E-state index contributed by atoms with van der Waals surface area (Å²) in [4.78, 5) is 28.7. The van der Waals surface area contributed by atoms with Crippen molar-refractivity contribution in [3.63, 3.8) is 0 Å². The number of amides is 1. The number of carbonyl (C=O) groups is 2. The van der Waals surface area contributed by atoms with E-state index in [4.69, 9.17) is 16.3 Å². The average Bonchev–Trinajstić information content (AvgIpc) is 3.28. The normalized spacial score (nSPS) is 11.3. The van der Waals surface area contributed by atoms with Crippen LogP contribution in [0.4, 0.5) is 5.69 Å². The van der Waals surface area contributed by atoms with Crippen molar-refractivity contribution in [1.82, 2.24) is 19.9 Å². The Morgan fingerprint density at radius 1 is 1.14 bits per heavy atom. The molecule has 1 amide bonds. The van der Waals surface area contributed by atoms with Crippen molar-refractivity contribution in [1.29, 1.82) is 0 Å². The lowest BCUT2D eigenvalue weighted by Gasteiger charge is -2.13. The Kier molecular flexibility index (Phi) is 6.72. The minimum Gasteiger partial charge on any atom is -0.465 e. The molecular weight excluding hydrogens is 494 g/mol. The lowest BCUT2D eigenvalue weighted by molar-refractivity contribution is 0.0601. The quantitative estimate of drug-likeness (QED) is 0.363. The summed E-state index contributed by atoms with van der Waals surface area (Å²) in [6, 6.07) is 10.5. The summed E-state index contributed by atoms with van der Waals surface area (Å²) in [6.07, 6.45) is 4.64. The molecule has 12 heteroatoms. The second kappa shape index (κ2) is 9.72. The number of anilines is 1. The monoisotopic (exact) mass is 513 g/mol. The second-order valence-corrected chi connectivity index (χ2v) is 9.62. The van der Waals surface area contributed by atoms with Crippen molar-refractivity contribution >= 4 is 44.8 Å². The summed E-state index contributed by atoms with van der Waals surface area (Å²) in [5.74, 6) is -1.07. The van der Waals surface area contributed by atoms with Gasteiger partial charge in [-0.25, -0.2) is 22.7 Å². The molecule has 0 bridgehead atoms. The number of hydrogen-bond acceptors (Lipinski definition) is 7. The number of methoxy groups -OCH3 is 1. The molecule has 0 aliphatic carbocycles. The number of nitrogens with one attached hydrogen (secondary N) is 2. The van der Waals surface area contributed by atoms with E-state index in [0.29, 0.717) is 16.8 Å². The van der Waals surface area contributed by atoms with Crippen LogP contribution < -0.4 is 10.0 Å². The third kappa shape index (κ3) is 5.10. The average molecular weight is 514 g/mol. The molecule has 0 unspecified atom stereocenters. The Morgan fingerprint density at radius 3 is 2.69 bits per heavy atom. The van der Waals surface area contributed by atoms with Crippen molar-refractivity contribution in [2.75, 3.05) is 11.8 Å². The van der Waals surface area contributed by atoms with Crippen LogP contribution in [0, 0.1) is 6.92 Å². The highest BCUT2D eigenvalue weighted by molar-refractivity contribution is 7.92. The molecule has 0 fully saturated rings. The Morgan fingerprint density at radius 2 is 1.94 bits per heavy atom. The van der Waals surface area contributed by atoms with E-state index in [-0.39, 0.29) is 27.7 Å². The first-order valence-corrected chi connectivity index (χ1v) is 12.1. The molecule has 2 N–H and O–H groups in total. The predicted octanol–water partition coefficient (Wildman–Crippen LogP) is 3.21. The molecule has 2 aromatic heterocycles. The van der Waals surface area contributed by atoms with Crippen molar-refractivity contribution < 1.29 is 22.7 Å². The smallest absolute Gasteiger partial charge is 0.340 e. The fourth-order valence-corrected chi connectivity index (χ4v) is 4.74. The van der Waals surface area contributed by atoms with Crippen molar-refractivity contribution in [2.45, 2.75) is 18.4 Å². The molecule has 0 aliphatic heterocycles. The fraction of sp³-hybridized carbons (Fsp3) is 0.130. The van der Waals surface area contributed by atoms with E-state index in [1.54, 1.807) is 31.5 Å². The molecule has 0 saturated carbocycles. The van der Waals surface area contributed by atoms with E-state index in [2.05, 4.69) is 20.1 Å². The molecular formula is C23H20ClN5O5S. The van der Waals surface area contributed by atoms with Gasteiger partial charge in [-0.1, -0.05) is 29.3 Å². The molecule has 0 spiro atoms.